The lowest BCUT2D eigenvalue weighted by molar-refractivity contribution is 0.371. The van der Waals surface area contributed by atoms with Gasteiger partial charge in [0.05, 0.1) is 0 Å². The largest absolute Gasteiger partial charge is 0.310 e. The quantitative estimate of drug-likeness (QED) is 0.651. The summed E-state index contributed by atoms with van der Waals surface area (Å²) in [7, 11) is 0. The number of hydrogen-bond acceptors (Lipinski definition) is 1. The van der Waals surface area contributed by atoms with Gasteiger partial charge in [0, 0.05) is 6.04 Å². The van der Waals surface area contributed by atoms with E-state index < -0.39 is 0 Å². The van der Waals surface area contributed by atoms with Crippen molar-refractivity contribution in [2.45, 2.75) is 65.8 Å². The maximum Gasteiger partial charge on any atom is 0.0322 e. The third-order valence-corrected chi connectivity index (χ3v) is 4.15. The van der Waals surface area contributed by atoms with E-state index in [1.807, 2.05) is 0 Å². The molecule has 1 aromatic rings. The fraction of sp³-hybridized carbons (Fsp3) is 0.667. The minimum absolute atomic E-state index is 0.524. The maximum atomic E-state index is 3.72. The van der Waals surface area contributed by atoms with Crippen molar-refractivity contribution in [1.82, 2.24) is 5.32 Å². The molecule has 0 radical (unpaired) electrons. The van der Waals surface area contributed by atoms with Crippen molar-refractivity contribution in [1.29, 1.82) is 0 Å². The van der Waals surface area contributed by atoms with Crippen LogP contribution in [0.15, 0.2) is 24.3 Å². The molecule has 1 rings (SSSR count). The van der Waals surface area contributed by atoms with Crippen LogP contribution in [0.2, 0.25) is 0 Å². The molecule has 1 atom stereocenters. The van der Waals surface area contributed by atoms with Crippen LogP contribution in [0.3, 0.4) is 0 Å². The molecular formula is C18H31N. The van der Waals surface area contributed by atoms with E-state index in [2.05, 4.69) is 57.3 Å². The normalized spacial score (nSPS) is 12.9. The predicted molar refractivity (Wildman–Crippen MR) is 85.5 cm³/mol. The molecule has 108 valence electrons. The highest BCUT2D eigenvalue weighted by molar-refractivity contribution is 5.25. The Labute approximate surface area is 119 Å². The number of hydrogen-bond donors (Lipinski definition) is 1. The molecule has 0 spiro atoms. The minimum atomic E-state index is 0.524. The Bertz CT molecular complexity index is 324. The second-order valence-corrected chi connectivity index (χ2v) is 5.52. The average molecular weight is 261 g/mol. The first-order valence-corrected chi connectivity index (χ1v) is 8.07. The van der Waals surface area contributed by atoms with Crippen molar-refractivity contribution >= 4 is 0 Å². The SMILES string of the molecule is CCCNC(CC(CC)CC)c1ccc(CC)cc1. The first-order valence-electron chi connectivity index (χ1n) is 8.07. The van der Waals surface area contributed by atoms with Crippen LogP contribution in [0, 0.1) is 5.92 Å². The Hall–Kier alpha value is -0.820. The fourth-order valence-corrected chi connectivity index (χ4v) is 2.60. The van der Waals surface area contributed by atoms with Gasteiger partial charge in [-0.2, -0.15) is 0 Å². The van der Waals surface area contributed by atoms with Crippen molar-refractivity contribution in [3.05, 3.63) is 35.4 Å². The summed E-state index contributed by atoms with van der Waals surface area (Å²) in [5, 5.41) is 3.72. The molecule has 0 aromatic heterocycles. The lowest BCUT2D eigenvalue weighted by Crippen LogP contribution is -2.24. The lowest BCUT2D eigenvalue weighted by atomic mass is 9.90. The van der Waals surface area contributed by atoms with Gasteiger partial charge in [-0.05, 0) is 42.9 Å². The first-order chi connectivity index (χ1) is 9.24. The van der Waals surface area contributed by atoms with Gasteiger partial charge >= 0.3 is 0 Å². The molecule has 0 aliphatic rings. The zero-order valence-electron chi connectivity index (χ0n) is 13.2. The van der Waals surface area contributed by atoms with E-state index in [1.54, 1.807) is 0 Å². The fourth-order valence-electron chi connectivity index (χ4n) is 2.60. The van der Waals surface area contributed by atoms with Gasteiger partial charge in [0.15, 0.2) is 0 Å². The van der Waals surface area contributed by atoms with Crippen LogP contribution in [0.4, 0.5) is 0 Å². The number of aryl methyl sites for hydroxylation is 1. The van der Waals surface area contributed by atoms with Crippen LogP contribution in [-0.2, 0) is 6.42 Å². The molecule has 19 heavy (non-hydrogen) atoms. The second-order valence-electron chi connectivity index (χ2n) is 5.52. The summed E-state index contributed by atoms with van der Waals surface area (Å²) in [4.78, 5) is 0. The Kier molecular flexibility index (Phi) is 7.81. The molecule has 0 fully saturated rings. The lowest BCUT2D eigenvalue weighted by Gasteiger charge is -2.24. The summed E-state index contributed by atoms with van der Waals surface area (Å²) in [6, 6.07) is 9.71. The summed E-state index contributed by atoms with van der Waals surface area (Å²) in [6.07, 6.45) is 6.16. The van der Waals surface area contributed by atoms with Crippen molar-refractivity contribution in [3.8, 4) is 0 Å². The van der Waals surface area contributed by atoms with E-state index in [4.69, 9.17) is 0 Å². The third kappa shape index (κ3) is 5.36. The first kappa shape index (κ1) is 16.2. The van der Waals surface area contributed by atoms with Crippen molar-refractivity contribution in [2.24, 2.45) is 5.92 Å². The van der Waals surface area contributed by atoms with Crippen molar-refractivity contribution < 1.29 is 0 Å². The van der Waals surface area contributed by atoms with Crippen LogP contribution in [-0.4, -0.2) is 6.54 Å². The van der Waals surface area contributed by atoms with Gasteiger partial charge in [-0.1, -0.05) is 64.8 Å². The van der Waals surface area contributed by atoms with Crippen molar-refractivity contribution in [2.75, 3.05) is 6.54 Å². The molecule has 0 saturated heterocycles. The molecule has 1 aromatic carbocycles. The molecule has 0 amide bonds. The van der Waals surface area contributed by atoms with Crippen LogP contribution < -0.4 is 5.32 Å². The molecule has 0 aliphatic heterocycles. The highest BCUT2D eigenvalue weighted by atomic mass is 14.9. The highest BCUT2D eigenvalue weighted by Gasteiger charge is 2.15. The topological polar surface area (TPSA) is 12.0 Å². The van der Waals surface area contributed by atoms with E-state index in [-0.39, 0.29) is 0 Å². The standard InChI is InChI=1S/C18H31N/c1-5-13-19-18(14-15(6-2)7-3)17-11-9-16(8-4)10-12-17/h9-12,15,18-19H,5-8,13-14H2,1-4H3. The molecule has 1 N–H and O–H groups in total. The van der Waals surface area contributed by atoms with E-state index in [0.29, 0.717) is 6.04 Å². The molecule has 0 heterocycles. The van der Waals surface area contributed by atoms with Crippen LogP contribution in [0.5, 0.6) is 0 Å². The predicted octanol–water partition coefficient (Wildman–Crippen LogP) is 5.12. The van der Waals surface area contributed by atoms with Gasteiger partial charge < -0.3 is 5.32 Å². The van der Waals surface area contributed by atoms with E-state index in [9.17, 15) is 0 Å². The van der Waals surface area contributed by atoms with Gasteiger partial charge in [0.25, 0.3) is 0 Å². The zero-order valence-corrected chi connectivity index (χ0v) is 13.2. The molecular weight excluding hydrogens is 230 g/mol. The van der Waals surface area contributed by atoms with Gasteiger partial charge in [-0.3, -0.25) is 0 Å². The molecule has 1 heteroatoms. The van der Waals surface area contributed by atoms with Crippen LogP contribution in [0.1, 0.15) is 70.5 Å². The highest BCUT2D eigenvalue weighted by Crippen LogP contribution is 2.25. The van der Waals surface area contributed by atoms with Crippen LogP contribution in [0.25, 0.3) is 0 Å². The number of nitrogens with one attached hydrogen (secondary N) is 1. The van der Waals surface area contributed by atoms with E-state index in [0.717, 1.165) is 18.9 Å². The average Bonchev–Trinajstić information content (AvgIpc) is 2.48. The summed E-state index contributed by atoms with van der Waals surface area (Å²) in [5.41, 5.74) is 2.89. The van der Waals surface area contributed by atoms with Gasteiger partial charge in [-0.25, -0.2) is 0 Å². The second kappa shape index (κ2) is 9.14. The minimum Gasteiger partial charge on any atom is -0.310 e. The summed E-state index contributed by atoms with van der Waals surface area (Å²) < 4.78 is 0. The van der Waals surface area contributed by atoms with Gasteiger partial charge in [-0.15, -0.1) is 0 Å². The van der Waals surface area contributed by atoms with Crippen LogP contribution >= 0.6 is 0 Å². The Morgan fingerprint density at radius 2 is 1.58 bits per heavy atom. The Balaban J connectivity index is 2.75. The monoisotopic (exact) mass is 261 g/mol. The van der Waals surface area contributed by atoms with Gasteiger partial charge in [0.1, 0.15) is 0 Å². The summed E-state index contributed by atoms with van der Waals surface area (Å²) in [6.45, 7) is 10.2. The maximum absolute atomic E-state index is 3.72. The number of rotatable bonds is 9. The van der Waals surface area contributed by atoms with E-state index in [1.165, 1.54) is 36.8 Å². The molecule has 1 nitrogen and oxygen atoms in total. The Morgan fingerprint density at radius 3 is 2.05 bits per heavy atom. The Morgan fingerprint density at radius 1 is 0.947 bits per heavy atom. The molecule has 1 unspecified atom stereocenters. The van der Waals surface area contributed by atoms with Gasteiger partial charge in [0.2, 0.25) is 0 Å². The zero-order chi connectivity index (χ0) is 14.1. The molecule has 0 aliphatic carbocycles. The molecule has 0 bridgehead atoms. The van der Waals surface area contributed by atoms with Crippen molar-refractivity contribution in [3.63, 3.8) is 0 Å². The summed E-state index contributed by atoms with van der Waals surface area (Å²) in [5.74, 6) is 0.834. The molecule has 0 saturated carbocycles. The summed E-state index contributed by atoms with van der Waals surface area (Å²) >= 11 is 0. The number of benzene rings is 1. The smallest absolute Gasteiger partial charge is 0.0322 e. The third-order valence-electron chi connectivity index (χ3n) is 4.15. The van der Waals surface area contributed by atoms with E-state index >= 15 is 0 Å².